The molecule has 0 bridgehead atoms. The van der Waals surface area contributed by atoms with E-state index in [9.17, 15) is 19.2 Å². The fourth-order valence-electron chi connectivity index (χ4n) is 2.10. The number of aliphatic carboxylic acids is 1. The standard InChI is InChI=1S/C16H31N7O5/c1-3-9(2)13(15(27)28)23-12(25)8-21-11(24)7-22-14(26)10(17)5-4-6-20-16(18)19/h9-10,13H,3-8,17H2,1-2H3,(H,21,24)(H,22,26)(H,23,25)(H,27,28)(H4,18,19,20). The van der Waals surface area contributed by atoms with E-state index >= 15 is 0 Å². The monoisotopic (exact) mass is 401 g/mol. The molecule has 0 aliphatic heterocycles. The van der Waals surface area contributed by atoms with Gasteiger partial charge in [-0.05, 0) is 18.8 Å². The Bertz CT molecular complexity index is 578. The van der Waals surface area contributed by atoms with Gasteiger partial charge in [-0.1, -0.05) is 20.3 Å². The lowest BCUT2D eigenvalue weighted by Gasteiger charge is -2.20. The number of guanidine groups is 1. The van der Waals surface area contributed by atoms with Gasteiger partial charge in [-0.15, -0.1) is 0 Å². The fourth-order valence-corrected chi connectivity index (χ4v) is 2.10. The highest BCUT2D eigenvalue weighted by molar-refractivity contribution is 5.90. The van der Waals surface area contributed by atoms with Gasteiger partial charge in [0, 0.05) is 6.54 Å². The number of amides is 3. The van der Waals surface area contributed by atoms with Crippen molar-refractivity contribution in [2.24, 2.45) is 28.1 Å². The number of hydrogen-bond acceptors (Lipinski definition) is 6. The number of hydrogen-bond donors (Lipinski definition) is 7. The summed E-state index contributed by atoms with van der Waals surface area (Å²) in [5, 5.41) is 16.1. The molecule has 3 amide bonds. The lowest BCUT2D eigenvalue weighted by Crippen LogP contribution is -2.50. The van der Waals surface area contributed by atoms with Crippen LogP contribution in [0.15, 0.2) is 4.99 Å². The maximum absolute atomic E-state index is 11.8. The topological polar surface area (TPSA) is 215 Å². The number of carboxylic acid groups (broad SMARTS) is 1. The van der Waals surface area contributed by atoms with Crippen molar-refractivity contribution in [1.29, 1.82) is 0 Å². The number of carbonyl (C=O) groups is 4. The molecule has 3 unspecified atom stereocenters. The van der Waals surface area contributed by atoms with Crippen molar-refractivity contribution in [3.8, 4) is 0 Å². The summed E-state index contributed by atoms with van der Waals surface area (Å²) in [7, 11) is 0. The SMILES string of the molecule is CCC(C)C(NC(=O)CNC(=O)CNC(=O)C(N)CCCN=C(N)N)C(=O)O. The average Bonchev–Trinajstić information content (AvgIpc) is 2.64. The molecule has 0 radical (unpaired) electrons. The fraction of sp³-hybridized carbons (Fsp3) is 0.688. The van der Waals surface area contributed by atoms with Gasteiger partial charge in [0.15, 0.2) is 5.96 Å². The van der Waals surface area contributed by atoms with E-state index in [0.29, 0.717) is 25.8 Å². The number of nitrogens with zero attached hydrogens (tertiary/aromatic N) is 1. The molecule has 0 aromatic carbocycles. The molecule has 10 N–H and O–H groups in total. The van der Waals surface area contributed by atoms with E-state index in [0.717, 1.165) is 0 Å². The Labute approximate surface area is 163 Å². The van der Waals surface area contributed by atoms with Gasteiger partial charge in [-0.25, -0.2) is 4.79 Å². The number of carbonyl (C=O) groups excluding carboxylic acids is 3. The zero-order valence-electron chi connectivity index (χ0n) is 16.2. The minimum Gasteiger partial charge on any atom is -0.480 e. The van der Waals surface area contributed by atoms with Crippen LogP contribution in [-0.4, -0.2) is 66.5 Å². The summed E-state index contributed by atoms with van der Waals surface area (Å²) in [6.07, 6.45) is 1.40. The van der Waals surface area contributed by atoms with E-state index in [1.165, 1.54) is 0 Å². The zero-order chi connectivity index (χ0) is 21.7. The van der Waals surface area contributed by atoms with E-state index in [-0.39, 0.29) is 18.4 Å². The number of nitrogens with two attached hydrogens (primary N) is 3. The quantitative estimate of drug-likeness (QED) is 0.0970. The first kappa shape index (κ1) is 25.1. The van der Waals surface area contributed by atoms with Crippen LogP contribution in [0.25, 0.3) is 0 Å². The zero-order valence-corrected chi connectivity index (χ0v) is 16.2. The number of carboxylic acids is 1. The van der Waals surface area contributed by atoms with Crippen LogP contribution in [0, 0.1) is 5.92 Å². The molecule has 0 fully saturated rings. The first-order valence-corrected chi connectivity index (χ1v) is 8.96. The van der Waals surface area contributed by atoms with Gasteiger partial charge in [-0.2, -0.15) is 0 Å². The molecular formula is C16H31N7O5. The summed E-state index contributed by atoms with van der Waals surface area (Å²) in [6.45, 7) is 3.09. The van der Waals surface area contributed by atoms with Gasteiger partial charge in [0.25, 0.3) is 0 Å². The summed E-state index contributed by atoms with van der Waals surface area (Å²) in [4.78, 5) is 50.2. The predicted octanol–water partition coefficient (Wildman–Crippen LogP) is -2.78. The molecule has 12 heteroatoms. The van der Waals surface area contributed by atoms with Gasteiger partial charge in [0.2, 0.25) is 17.7 Å². The summed E-state index contributed by atoms with van der Waals surface area (Å²) < 4.78 is 0. The third kappa shape index (κ3) is 11.0. The molecule has 0 aliphatic rings. The van der Waals surface area contributed by atoms with Crippen molar-refractivity contribution in [3.05, 3.63) is 0 Å². The van der Waals surface area contributed by atoms with Crippen LogP contribution < -0.4 is 33.2 Å². The Morgan fingerprint density at radius 2 is 1.68 bits per heavy atom. The first-order valence-electron chi connectivity index (χ1n) is 8.96. The highest BCUT2D eigenvalue weighted by Gasteiger charge is 2.25. The van der Waals surface area contributed by atoms with Crippen molar-refractivity contribution in [1.82, 2.24) is 16.0 Å². The van der Waals surface area contributed by atoms with E-state index in [1.54, 1.807) is 6.92 Å². The minimum absolute atomic E-state index is 0.0439. The second-order valence-corrected chi connectivity index (χ2v) is 6.32. The third-order valence-electron chi connectivity index (χ3n) is 3.97. The third-order valence-corrected chi connectivity index (χ3v) is 3.97. The lowest BCUT2D eigenvalue weighted by molar-refractivity contribution is -0.143. The van der Waals surface area contributed by atoms with E-state index < -0.39 is 42.3 Å². The Balaban J connectivity index is 4.17. The molecule has 0 aromatic rings. The summed E-state index contributed by atoms with van der Waals surface area (Å²) >= 11 is 0. The number of aliphatic imine (C=N–C) groups is 1. The second kappa shape index (κ2) is 13.3. The normalized spacial score (nSPS) is 13.5. The van der Waals surface area contributed by atoms with Gasteiger partial charge >= 0.3 is 5.97 Å². The highest BCUT2D eigenvalue weighted by atomic mass is 16.4. The van der Waals surface area contributed by atoms with E-state index in [2.05, 4.69) is 20.9 Å². The van der Waals surface area contributed by atoms with E-state index in [4.69, 9.17) is 22.3 Å². The molecule has 0 aromatic heterocycles. The second-order valence-electron chi connectivity index (χ2n) is 6.32. The molecule has 160 valence electrons. The molecule has 0 saturated heterocycles. The number of rotatable bonds is 13. The van der Waals surface area contributed by atoms with Gasteiger partial charge in [0.05, 0.1) is 19.1 Å². The van der Waals surface area contributed by atoms with Crippen molar-refractivity contribution >= 4 is 29.7 Å². The Morgan fingerprint density at radius 3 is 2.21 bits per heavy atom. The van der Waals surface area contributed by atoms with Crippen LogP contribution in [0.2, 0.25) is 0 Å². The van der Waals surface area contributed by atoms with Crippen molar-refractivity contribution in [2.45, 2.75) is 45.2 Å². The maximum atomic E-state index is 11.8. The largest absolute Gasteiger partial charge is 0.480 e. The average molecular weight is 401 g/mol. The van der Waals surface area contributed by atoms with Crippen molar-refractivity contribution in [3.63, 3.8) is 0 Å². The molecule has 0 spiro atoms. The predicted molar refractivity (Wildman–Crippen MR) is 103 cm³/mol. The summed E-state index contributed by atoms with van der Waals surface area (Å²) in [6, 6.07) is -1.86. The van der Waals surface area contributed by atoms with Gasteiger partial charge < -0.3 is 38.3 Å². The van der Waals surface area contributed by atoms with Crippen LogP contribution in [0.1, 0.15) is 33.1 Å². The van der Waals surface area contributed by atoms with Crippen LogP contribution >= 0.6 is 0 Å². The maximum Gasteiger partial charge on any atom is 0.326 e. The molecule has 28 heavy (non-hydrogen) atoms. The molecule has 0 aliphatic carbocycles. The van der Waals surface area contributed by atoms with Crippen LogP contribution in [0.3, 0.4) is 0 Å². The Hall–Kier alpha value is -2.89. The Kier molecular flexibility index (Phi) is 11.9. The van der Waals surface area contributed by atoms with Crippen LogP contribution in [0.4, 0.5) is 0 Å². The summed E-state index contributed by atoms with van der Waals surface area (Å²) in [5.74, 6) is -3.21. The smallest absolute Gasteiger partial charge is 0.326 e. The van der Waals surface area contributed by atoms with Crippen molar-refractivity contribution < 1.29 is 24.3 Å². The molecule has 0 heterocycles. The highest BCUT2D eigenvalue weighted by Crippen LogP contribution is 2.07. The first-order chi connectivity index (χ1) is 13.1. The molecule has 12 nitrogen and oxygen atoms in total. The van der Waals surface area contributed by atoms with Gasteiger partial charge in [0.1, 0.15) is 6.04 Å². The molecule has 0 rings (SSSR count). The lowest BCUT2D eigenvalue weighted by atomic mass is 9.99. The van der Waals surface area contributed by atoms with Crippen LogP contribution in [-0.2, 0) is 19.2 Å². The summed E-state index contributed by atoms with van der Waals surface area (Å²) in [5.41, 5.74) is 16.0. The van der Waals surface area contributed by atoms with Crippen molar-refractivity contribution in [2.75, 3.05) is 19.6 Å². The number of nitrogens with one attached hydrogen (secondary N) is 3. The Morgan fingerprint density at radius 1 is 1.07 bits per heavy atom. The van der Waals surface area contributed by atoms with E-state index in [1.807, 2.05) is 6.92 Å². The van der Waals surface area contributed by atoms with Crippen LogP contribution in [0.5, 0.6) is 0 Å². The molecule has 3 atom stereocenters. The van der Waals surface area contributed by atoms with Gasteiger partial charge in [-0.3, -0.25) is 19.4 Å². The molecular weight excluding hydrogens is 370 g/mol. The molecule has 0 saturated carbocycles. The minimum atomic E-state index is -1.14.